The van der Waals surface area contributed by atoms with Crippen molar-refractivity contribution in [2.24, 2.45) is 5.10 Å². The normalized spacial score (nSPS) is 8.67. The molecule has 2 N–H and O–H groups in total. The first kappa shape index (κ1) is 13.5. The molecule has 0 fully saturated rings. The zero-order chi connectivity index (χ0) is 13.5. The van der Waals surface area contributed by atoms with Crippen LogP contribution in [0.3, 0.4) is 0 Å². The lowest BCUT2D eigenvalue weighted by molar-refractivity contribution is 0.0963. The van der Waals surface area contributed by atoms with E-state index < -0.39 is 0 Å². The van der Waals surface area contributed by atoms with Gasteiger partial charge in [-0.15, -0.1) is 0 Å². The summed E-state index contributed by atoms with van der Waals surface area (Å²) < 4.78 is 0. The minimum atomic E-state index is -0.337. The molecule has 0 aliphatic carbocycles. The Bertz CT molecular complexity index is 566. The number of hydrogen-bond donors (Lipinski definition) is 2. The number of nitrogens with one attached hydrogen (secondary N) is 2. The van der Waals surface area contributed by atoms with Gasteiger partial charge in [0, 0.05) is 12.6 Å². The largest absolute Gasteiger partial charge is 0.355 e. The van der Waals surface area contributed by atoms with Crippen molar-refractivity contribution in [2.75, 3.05) is 12.5 Å². The maximum Gasteiger partial charge on any atom is 0.251 e. The van der Waals surface area contributed by atoms with Crippen molar-refractivity contribution in [3.63, 3.8) is 0 Å². The lowest BCUT2D eigenvalue weighted by atomic mass is 10.2. The van der Waals surface area contributed by atoms with E-state index in [0.717, 1.165) is 0 Å². The number of nitrogens with zero attached hydrogens (tertiary/aromatic N) is 3. The lowest BCUT2D eigenvalue weighted by Gasteiger charge is -2.05. The number of carbonyl (C=O) groups is 1. The van der Waals surface area contributed by atoms with Crippen molar-refractivity contribution in [1.29, 1.82) is 10.5 Å². The Morgan fingerprint density at radius 1 is 1.39 bits per heavy atom. The Morgan fingerprint density at radius 2 is 2.06 bits per heavy atom. The third-order valence-electron chi connectivity index (χ3n) is 1.96. The van der Waals surface area contributed by atoms with Gasteiger partial charge in [0.15, 0.2) is 0 Å². The van der Waals surface area contributed by atoms with Gasteiger partial charge in [-0.05, 0) is 18.2 Å². The van der Waals surface area contributed by atoms with E-state index in [9.17, 15) is 4.79 Å². The molecule has 0 unspecified atom stereocenters. The predicted octanol–water partition coefficient (Wildman–Crippen LogP) is 1.51. The van der Waals surface area contributed by atoms with Crippen LogP contribution in [0, 0.1) is 22.7 Å². The van der Waals surface area contributed by atoms with E-state index in [2.05, 4.69) is 15.8 Å². The molecule has 0 heterocycles. The summed E-state index contributed by atoms with van der Waals surface area (Å²) in [6.07, 6.45) is 0. The highest BCUT2D eigenvalue weighted by atomic mass is 35.5. The van der Waals surface area contributed by atoms with E-state index in [1.54, 1.807) is 18.2 Å². The van der Waals surface area contributed by atoms with E-state index >= 15 is 0 Å². The Labute approximate surface area is 108 Å². The van der Waals surface area contributed by atoms with E-state index in [4.69, 9.17) is 22.1 Å². The van der Waals surface area contributed by atoms with E-state index in [-0.39, 0.29) is 11.6 Å². The van der Waals surface area contributed by atoms with Crippen molar-refractivity contribution < 1.29 is 4.79 Å². The third-order valence-corrected chi connectivity index (χ3v) is 2.29. The maximum absolute atomic E-state index is 11.4. The summed E-state index contributed by atoms with van der Waals surface area (Å²) in [6, 6.07) is 7.72. The van der Waals surface area contributed by atoms with Crippen LogP contribution in [0.25, 0.3) is 0 Å². The predicted molar refractivity (Wildman–Crippen MR) is 67.1 cm³/mol. The third kappa shape index (κ3) is 3.21. The average Bonchev–Trinajstić information content (AvgIpc) is 2.40. The SMILES string of the molecule is CNC(=O)c1ccc(Cl)c(NN=C(C#N)C#N)c1. The second-order valence-electron chi connectivity index (χ2n) is 3.07. The summed E-state index contributed by atoms with van der Waals surface area (Å²) in [7, 11) is 1.51. The Hall–Kier alpha value is -2.57. The van der Waals surface area contributed by atoms with Gasteiger partial charge in [-0.25, -0.2) is 0 Å². The molecule has 0 atom stereocenters. The number of hydrogen-bond acceptors (Lipinski definition) is 5. The molecule has 7 heteroatoms. The molecule has 18 heavy (non-hydrogen) atoms. The van der Waals surface area contributed by atoms with Crippen LogP contribution >= 0.6 is 11.6 Å². The zero-order valence-electron chi connectivity index (χ0n) is 9.36. The quantitative estimate of drug-likeness (QED) is 0.636. The molecule has 0 aliphatic rings. The fraction of sp³-hybridized carbons (Fsp3) is 0.0909. The standard InChI is InChI=1S/C11H8ClN5O/c1-15-11(18)7-2-3-9(12)10(4-7)17-16-8(5-13)6-14/h2-4,17H,1H3,(H,15,18). The van der Waals surface area contributed by atoms with Gasteiger partial charge in [0.05, 0.1) is 10.7 Å². The van der Waals surface area contributed by atoms with E-state index in [1.165, 1.54) is 19.2 Å². The number of anilines is 1. The second-order valence-corrected chi connectivity index (χ2v) is 3.48. The Morgan fingerprint density at radius 3 is 2.61 bits per heavy atom. The lowest BCUT2D eigenvalue weighted by Crippen LogP contribution is -2.17. The number of benzene rings is 1. The smallest absolute Gasteiger partial charge is 0.251 e. The minimum absolute atomic E-state index is 0.278. The molecule has 0 saturated heterocycles. The molecule has 1 amide bonds. The summed E-state index contributed by atoms with van der Waals surface area (Å²) in [5.41, 5.74) is 2.85. The van der Waals surface area contributed by atoms with Crippen LogP contribution in [-0.4, -0.2) is 18.7 Å². The minimum Gasteiger partial charge on any atom is -0.355 e. The first-order valence-corrected chi connectivity index (χ1v) is 5.15. The Balaban J connectivity index is 3.03. The highest BCUT2D eigenvalue weighted by molar-refractivity contribution is 6.33. The van der Waals surface area contributed by atoms with Gasteiger partial charge < -0.3 is 5.32 Å². The molecule has 0 saturated carbocycles. The fourth-order valence-corrected chi connectivity index (χ4v) is 1.25. The van der Waals surface area contributed by atoms with Gasteiger partial charge in [0.2, 0.25) is 5.71 Å². The molecule has 0 spiro atoms. The van der Waals surface area contributed by atoms with Gasteiger partial charge in [-0.1, -0.05) is 11.6 Å². The van der Waals surface area contributed by atoms with Crippen LogP contribution in [0.2, 0.25) is 5.02 Å². The van der Waals surface area contributed by atoms with Crippen LogP contribution in [-0.2, 0) is 0 Å². The monoisotopic (exact) mass is 261 g/mol. The number of carbonyl (C=O) groups excluding carboxylic acids is 1. The summed E-state index contributed by atoms with van der Waals surface area (Å²) in [4.78, 5) is 11.4. The number of amides is 1. The van der Waals surface area contributed by atoms with Gasteiger partial charge >= 0.3 is 0 Å². The molecular weight excluding hydrogens is 254 g/mol. The molecule has 90 valence electrons. The molecule has 6 nitrogen and oxygen atoms in total. The average molecular weight is 262 g/mol. The second kappa shape index (κ2) is 6.24. The van der Waals surface area contributed by atoms with E-state index in [1.807, 2.05) is 0 Å². The van der Waals surface area contributed by atoms with Crippen molar-refractivity contribution in [3.8, 4) is 12.1 Å². The van der Waals surface area contributed by atoms with Gasteiger partial charge in [-0.3, -0.25) is 10.2 Å². The highest BCUT2D eigenvalue weighted by Gasteiger charge is 2.07. The molecule has 1 rings (SSSR count). The van der Waals surface area contributed by atoms with Crippen LogP contribution < -0.4 is 10.7 Å². The number of rotatable bonds is 3. The number of hydrazone groups is 1. The first-order valence-electron chi connectivity index (χ1n) is 4.78. The van der Waals surface area contributed by atoms with Gasteiger partial charge in [0.25, 0.3) is 5.91 Å². The van der Waals surface area contributed by atoms with E-state index in [0.29, 0.717) is 16.3 Å². The summed E-state index contributed by atoms with van der Waals surface area (Å²) >= 11 is 5.88. The van der Waals surface area contributed by atoms with Crippen molar-refractivity contribution >= 4 is 28.9 Å². The molecular formula is C11H8ClN5O. The van der Waals surface area contributed by atoms with Crippen LogP contribution in [0.15, 0.2) is 23.3 Å². The molecule has 1 aromatic carbocycles. The fourth-order valence-electron chi connectivity index (χ4n) is 1.09. The van der Waals surface area contributed by atoms with Crippen LogP contribution in [0.4, 0.5) is 5.69 Å². The van der Waals surface area contributed by atoms with Crippen LogP contribution in [0.1, 0.15) is 10.4 Å². The zero-order valence-corrected chi connectivity index (χ0v) is 10.1. The van der Waals surface area contributed by atoms with Crippen molar-refractivity contribution in [3.05, 3.63) is 28.8 Å². The van der Waals surface area contributed by atoms with Gasteiger partial charge in [-0.2, -0.15) is 15.6 Å². The van der Waals surface area contributed by atoms with Crippen molar-refractivity contribution in [1.82, 2.24) is 5.32 Å². The number of nitriles is 2. The summed E-state index contributed by atoms with van der Waals surface area (Å²) in [5.74, 6) is -0.278. The van der Waals surface area contributed by atoms with Gasteiger partial charge in [0.1, 0.15) is 12.1 Å². The molecule has 0 radical (unpaired) electrons. The van der Waals surface area contributed by atoms with Crippen LogP contribution in [0.5, 0.6) is 0 Å². The Kier molecular flexibility index (Phi) is 4.67. The first-order chi connectivity index (χ1) is 8.62. The summed E-state index contributed by atoms with van der Waals surface area (Å²) in [5, 5.41) is 23.4. The topological polar surface area (TPSA) is 101 Å². The summed E-state index contributed by atoms with van der Waals surface area (Å²) in [6.45, 7) is 0. The molecule has 0 aliphatic heterocycles. The molecule has 0 aromatic heterocycles. The highest BCUT2D eigenvalue weighted by Crippen LogP contribution is 2.23. The maximum atomic E-state index is 11.4. The van der Waals surface area contributed by atoms with Crippen molar-refractivity contribution in [2.45, 2.75) is 0 Å². The molecule has 1 aromatic rings. The number of halogens is 1. The molecule has 0 bridgehead atoms.